The summed E-state index contributed by atoms with van der Waals surface area (Å²) in [6.07, 6.45) is 0. The molecular formula is C21H24F2N4. The van der Waals surface area contributed by atoms with Gasteiger partial charge in [-0.1, -0.05) is 32.0 Å². The molecular weight excluding hydrogens is 346 g/mol. The molecule has 0 bridgehead atoms. The molecule has 0 atom stereocenters. The van der Waals surface area contributed by atoms with Gasteiger partial charge in [-0.15, -0.1) is 0 Å². The Balaban J connectivity index is 0.00000126. The van der Waals surface area contributed by atoms with Crippen molar-refractivity contribution >= 4 is 17.3 Å². The van der Waals surface area contributed by atoms with Gasteiger partial charge in [-0.3, -0.25) is 0 Å². The normalized spacial score (nSPS) is 10.2. The lowest BCUT2D eigenvalue weighted by Crippen LogP contribution is -2.12. The van der Waals surface area contributed by atoms with Crippen LogP contribution in [-0.2, 0) is 0 Å². The van der Waals surface area contributed by atoms with Crippen LogP contribution in [0.2, 0.25) is 0 Å². The minimum Gasteiger partial charge on any atom is -0.368 e. The fraction of sp³-hybridized carbons (Fsp3) is 0.238. The third kappa shape index (κ3) is 5.74. The number of hydrogen-bond donors (Lipinski definition) is 2. The molecule has 3 rings (SSSR count). The first-order valence-electron chi connectivity index (χ1n) is 8.94. The minimum atomic E-state index is -0.702. The number of nitrogens with one attached hydrogen (secondary N) is 2. The van der Waals surface area contributed by atoms with Crippen LogP contribution in [0.15, 0.2) is 54.6 Å². The summed E-state index contributed by atoms with van der Waals surface area (Å²) in [7, 11) is 0. The zero-order chi connectivity index (χ0) is 19.8. The first-order chi connectivity index (χ1) is 13.0. The van der Waals surface area contributed by atoms with Crippen molar-refractivity contribution in [2.75, 3.05) is 10.6 Å². The molecule has 3 aromatic rings. The van der Waals surface area contributed by atoms with Gasteiger partial charge in [-0.05, 0) is 38.1 Å². The largest absolute Gasteiger partial charge is 0.368 e. The van der Waals surface area contributed by atoms with Gasteiger partial charge in [0.2, 0.25) is 0 Å². The van der Waals surface area contributed by atoms with Gasteiger partial charge in [0.1, 0.15) is 23.3 Å². The number of para-hydroxylation sites is 1. The Morgan fingerprint density at radius 2 is 1.52 bits per heavy atom. The van der Waals surface area contributed by atoms with Crippen LogP contribution < -0.4 is 10.6 Å². The van der Waals surface area contributed by atoms with Gasteiger partial charge in [-0.2, -0.15) is 0 Å². The highest BCUT2D eigenvalue weighted by atomic mass is 19.1. The number of rotatable bonds is 5. The first-order valence-corrected chi connectivity index (χ1v) is 8.94. The molecule has 0 aliphatic heterocycles. The molecule has 142 valence electrons. The molecule has 0 aliphatic carbocycles. The first kappa shape index (κ1) is 20.3. The van der Waals surface area contributed by atoms with E-state index in [0.29, 0.717) is 11.6 Å². The average Bonchev–Trinajstić information content (AvgIpc) is 2.63. The molecule has 6 heteroatoms. The Bertz CT molecular complexity index is 867. The fourth-order valence-corrected chi connectivity index (χ4v) is 2.34. The summed E-state index contributed by atoms with van der Waals surface area (Å²) in [4.78, 5) is 8.72. The van der Waals surface area contributed by atoms with E-state index in [-0.39, 0.29) is 17.4 Å². The zero-order valence-electron chi connectivity index (χ0n) is 15.9. The second-order valence-electron chi connectivity index (χ2n) is 5.88. The van der Waals surface area contributed by atoms with Crippen molar-refractivity contribution in [1.82, 2.24) is 9.97 Å². The van der Waals surface area contributed by atoms with Gasteiger partial charge in [0.25, 0.3) is 0 Å². The second kappa shape index (κ2) is 9.62. The van der Waals surface area contributed by atoms with E-state index in [1.54, 1.807) is 6.07 Å². The highest BCUT2D eigenvalue weighted by molar-refractivity contribution is 5.65. The predicted molar refractivity (Wildman–Crippen MR) is 107 cm³/mol. The Hall–Kier alpha value is -3.02. The van der Waals surface area contributed by atoms with Crippen LogP contribution >= 0.6 is 0 Å². The molecule has 0 amide bonds. The van der Waals surface area contributed by atoms with E-state index >= 15 is 0 Å². The molecule has 0 fully saturated rings. The van der Waals surface area contributed by atoms with Crippen LogP contribution in [0, 0.1) is 11.6 Å². The van der Waals surface area contributed by atoms with Crippen molar-refractivity contribution in [2.24, 2.45) is 0 Å². The average molecular weight is 370 g/mol. The van der Waals surface area contributed by atoms with E-state index in [1.165, 1.54) is 12.1 Å². The van der Waals surface area contributed by atoms with E-state index in [0.717, 1.165) is 11.8 Å². The van der Waals surface area contributed by atoms with Gasteiger partial charge >= 0.3 is 0 Å². The van der Waals surface area contributed by atoms with E-state index in [2.05, 4.69) is 20.6 Å². The fourth-order valence-electron chi connectivity index (χ4n) is 2.34. The summed E-state index contributed by atoms with van der Waals surface area (Å²) in [6, 6.07) is 14.8. The van der Waals surface area contributed by atoms with Crippen molar-refractivity contribution in [1.29, 1.82) is 0 Å². The van der Waals surface area contributed by atoms with Crippen LogP contribution in [-0.4, -0.2) is 16.0 Å². The van der Waals surface area contributed by atoms with Gasteiger partial charge in [-0.25, -0.2) is 18.7 Å². The van der Waals surface area contributed by atoms with Crippen LogP contribution in [0.1, 0.15) is 27.7 Å². The summed E-state index contributed by atoms with van der Waals surface area (Å²) in [5.41, 5.74) is 0.993. The number of benzene rings is 2. The molecule has 4 nitrogen and oxygen atoms in total. The lowest BCUT2D eigenvalue weighted by molar-refractivity contribution is 0.585. The molecule has 1 aromatic heterocycles. The Morgan fingerprint density at radius 1 is 0.852 bits per heavy atom. The Morgan fingerprint density at radius 3 is 2.15 bits per heavy atom. The SMILES string of the molecule is CC.CC(C)Nc1cc(Nc2ccccc2)nc(-c2ccc(F)cc2F)n1. The van der Waals surface area contributed by atoms with Crippen LogP contribution in [0.3, 0.4) is 0 Å². The van der Waals surface area contributed by atoms with Crippen molar-refractivity contribution in [3.05, 3.63) is 66.2 Å². The van der Waals surface area contributed by atoms with Crippen molar-refractivity contribution in [2.45, 2.75) is 33.7 Å². The molecule has 0 aliphatic rings. The quantitative estimate of drug-likeness (QED) is 0.577. The number of nitrogens with zero attached hydrogens (tertiary/aromatic N) is 2. The molecule has 0 spiro atoms. The van der Waals surface area contributed by atoms with E-state index < -0.39 is 11.6 Å². The van der Waals surface area contributed by atoms with E-state index in [9.17, 15) is 8.78 Å². The molecule has 0 saturated carbocycles. The van der Waals surface area contributed by atoms with E-state index in [4.69, 9.17) is 0 Å². The van der Waals surface area contributed by atoms with Crippen molar-refractivity contribution in [3.8, 4) is 11.4 Å². The highest BCUT2D eigenvalue weighted by Gasteiger charge is 2.13. The van der Waals surface area contributed by atoms with E-state index in [1.807, 2.05) is 58.0 Å². The summed E-state index contributed by atoms with van der Waals surface area (Å²) in [6.45, 7) is 7.95. The summed E-state index contributed by atoms with van der Waals surface area (Å²) in [5.74, 6) is -0.0838. The predicted octanol–water partition coefficient (Wildman–Crippen LogP) is 6.01. The second-order valence-corrected chi connectivity index (χ2v) is 5.88. The number of hydrogen-bond acceptors (Lipinski definition) is 4. The standard InChI is InChI=1S/C19H18F2N4.C2H6/c1-12(2)22-17-11-18(23-14-6-4-3-5-7-14)25-19(24-17)15-9-8-13(20)10-16(15)21;1-2/h3-12H,1-2H3,(H2,22,23,24,25);1-2H3. The maximum absolute atomic E-state index is 14.1. The Labute approximate surface area is 158 Å². The number of halogens is 2. The molecule has 0 saturated heterocycles. The minimum absolute atomic E-state index is 0.143. The lowest BCUT2D eigenvalue weighted by Gasteiger charge is -2.13. The third-order valence-corrected chi connectivity index (χ3v) is 3.38. The number of anilines is 3. The van der Waals surface area contributed by atoms with Crippen LogP contribution in [0.4, 0.5) is 26.1 Å². The van der Waals surface area contributed by atoms with Gasteiger partial charge < -0.3 is 10.6 Å². The molecule has 0 radical (unpaired) electrons. The summed E-state index contributed by atoms with van der Waals surface area (Å²) < 4.78 is 27.3. The molecule has 2 N–H and O–H groups in total. The molecule has 27 heavy (non-hydrogen) atoms. The Kier molecular flexibility index (Phi) is 7.23. The maximum atomic E-state index is 14.1. The maximum Gasteiger partial charge on any atom is 0.166 e. The van der Waals surface area contributed by atoms with Crippen molar-refractivity contribution in [3.63, 3.8) is 0 Å². The third-order valence-electron chi connectivity index (χ3n) is 3.38. The van der Waals surface area contributed by atoms with Gasteiger partial charge in [0.15, 0.2) is 5.82 Å². The van der Waals surface area contributed by atoms with Gasteiger partial charge in [0.05, 0.1) is 5.56 Å². The molecule has 2 aromatic carbocycles. The topological polar surface area (TPSA) is 49.8 Å². The monoisotopic (exact) mass is 370 g/mol. The highest BCUT2D eigenvalue weighted by Crippen LogP contribution is 2.25. The van der Waals surface area contributed by atoms with Crippen LogP contribution in [0.5, 0.6) is 0 Å². The zero-order valence-corrected chi connectivity index (χ0v) is 15.9. The van der Waals surface area contributed by atoms with Crippen molar-refractivity contribution < 1.29 is 8.78 Å². The number of aromatic nitrogens is 2. The molecule has 1 heterocycles. The smallest absolute Gasteiger partial charge is 0.166 e. The van der Waals surface area contributed by atoms with Crippen LogP contribution in [0.25, 0.3) is 11.4 Å². The lowest BCUT2D eigenvalue weighted by atomic mass is 10.2. The summed E-state index contributed by atoms with van der Waals surface area (Å²) >= 11 is 0. The summed E-state index contributed by atoms with van der Waals surface area (Å²) in [5, 5.41) is 6.36. The molecule has 0 unspecified atom stereocenters. The van der Waals surface area contributed by atoms with Gasteiger partial charge in [0, 0.05) is 23.9 Å².